The van der Waals surface area contributed by atoms with Crippen LogP contribution in [-0.4, -0.2) is 63.3 Å². The molecule has 8 heteroatoms. The molecule has 4 heterocycles. The molecule has 0 aliphatic carbocycles. The van der Waals surface area contributed by atoms with E-state index in [4.69, 9.17) is 4.52 Å². The molecule has 4 rings (SSSR count). The third-order valence-electron chi connectivity index (χ3n) is 5.52. The number of likely N-dealkylation sites (N-methyl/N-ethyl adjacent to an activating group) is 1. The number of allylic oxidation sites excluding steroid dienone is 1. The number of piperazine rings is 1. The molecule has 0 bridgehead atoms. The van der Waals surface area contributed by atoms with Gasteiger partial charge < -0.3 is 19.2 Å². The number of fused-ring (bicyclic) bond motifs is 1. The Balaban J connectivity index is 1.86. The van der Waals surface area contributed by atoms with Crippen molar-refractivity contribution in [2.75, 3.05) is 26.7 Å². The van der Waals surface area contributed by atoms with Gasteiger partial charge in [0.15, 0.2) is 5.66 Å². The molecule has 2 aromatic rings. The standard InChI is InChI=1S/C20H23N5O3/c1-4-6-17-19(27)25-10-9-24(18(26)16-12-28-22-14(16)2)20(25,13-23(17)3)15-7-5-8-21-11-15/h5-8,11-12H,4,9-10,13H2,1-3H3/b17-6-. The van der Waals surface area contributed by atoms with E-state index in [-0.39, 0.29) is 11.8 Å². The number of carbonyl (C=O) groups excluding carboxylic acids is 2. The summed E-state index contributed by atoms with van der Waals surface area (Å²) in [6, 6.07) is 3.75. The summed E-state index contributed by atoms with van der Waals surface area (Å²) in [6.45, 7) is 5.09. The predicted octanol–water partition coefficient (Wildman–Crippen LogP) is 1.75. The average Bonchev–Trinajstić information content (AvgIpc) is 3.30. The first-order valence-corrected chi connectivity index (χ1v) is 9.37. The Morgan fingerprint density at radius 3 is 2.86 bits per heavy atom. The monoisotopic (exact) mass is 381 g/mol. The predicted molar refractivity (Wildman–Crippen MR) is 101 cm³/mol. The van der Waals surface area contributed by atoms with Crippen molar-refractivity contribution in [3.8, 4) is 0 Å². The molecule has 2 aliphatic rings. The summed E-state index contributed by atoms with van der Waals surface area (Å²) in [5.74, 6) is -0.272. The van der Waals surface area contributed by atoms with E-state index in [0.717, 1.165) is 12.0 Å². The highest BCUT2D eigenvalue weighted by Gasteiger charge is 2.57. The minimum atomic E-state index is -0.925. The highest BCUT2D eigenvalue weighted by Crippen LogP contribution is 2.43. The van der Waals surface area contributed by atoms with Crippen LogP contribution in [0.4, 0.5) is 0 Å². The van der Waals surface area contributed by atoms with Crippen molar-refractivity contribution < 1.29 is 14.1 Å². The van der Waals surface area contributed by atoms with E-state index in [1.165, 1.54) is 6.26 Å². The van der Waals surface area contributed by atoms with Crippen molar-refractivity contribution in [2.24, 2.45) is 0 Å². The van der Waals surface area contributed by atoms with E-state index in [0.29, 0.717) is 36.6 Å². The number of hydrogen-bond acceptors (Lipinski definition) is 6. The van der Waals surface area contributed by atoms with E-state index in [9.17, 15) is 9.59 Å². The van der Waals surface area contributed by atoms with Gasteiger partial charge in [-0.2, -0.15) is 0 Å². The fourth-order valence-electron chi connectivity index (χ4n) is 4.23. The van der Waals surface area contributed by atoms with Crippen LogP contribution in [-0.2, 0) is 10.5 Å². The lowest BCUT2D eigenvalue weighted by atomic mass is 9.93. The number of carbonyl (C=O) groups is 2. The molecule has 0 aromatic carbocycles. The molecule has 2 amide bonds. The van der Waals surface area contributed by atoms with Crippen LogP contribution < -0.4 is 0 Å². The van der Waals surface area contributed by atoms with Crippen LogP contribution in [0.2, 0.25) is 0 Å². The summed E-state index contributed by atoms with van der Waals surface area (Å²) in [4.78, 5) is 36.5. The van der Waals surface area contributed by atoms with Crippen LogP contribution >= 0.6 is 0 Å². The second kappa shape index (κ2) is 6.78. The Kier molecular flexibility index (Phi) is 4.41. The van der Waals surface area contributed by atoms with Gasteiger partial charge in [-0.1, -0.05) is 24.2 Å². The number of amides is 2. The molecule has 2 saturated heterocycles. The molecule has 0 saturated carbocycles. The van der Waals surface area contributed by atoms with Gasteiger partial charge >= 0.3 is 0 Å². The first kappa shape index (κ1) is 18.2. The first-order chi connectivity index (χ1) is 13.5. The van der Waals surface area contributed by atoms with Crippen LogP contribution in [0.15, 0.2) is 47.1 Å². The molecule has 2 fully saturated rings. The third-order valence-corrected chi connectivity index (χ3v) is 5.52. The molecular formula is C20H23N5O3. The van der Waals surface area contributed by atoms with Gasteiger partial charge in [-0.3, -0.25) is 14.6 Å². The van der Waals surface area contributed by atoms with Gasteiger partial charge in [-0.25, -0.2) is 0 Å². The minimum absolute atomic E-state index is 0.0724. The van der Waals surface area contributed by atoms with Crippen molar-refractivity contribution in [1.29, 1.82) is 0 Å². The second-order valence-corrected chi connectivity index (χ2v) is 7.14. The quantitative estimate of drug-likeness (QED) is 0.754. The minimum Gasteiger partial charge on any atom is -0.366 e. The Morgan fingerprint density at radius 1 is 1.39 bits per heavy atom. The summed E-state index contributed by atoms with van der Waals surface area (Å²) in [5, 5.41) is 3.84. The maximum atomic E-state index is 13.4. The second-order valence-electron chi connectivity index (χ2n) is 7.14. The van der Waals surface area contributed by atoms with Gasteiger partial charge in [0.05, 0.1) is 17.9 Å². The topological polar surface area (TPSA) is 82.8 Å². The van der Waals surface area contributed by atoms with Gasteiger partial charge in [0.25, 0.3) is 11.8 Å². The summed E-state index contributed by atoms with van der Waals surface area (Å²) in [5.41, 5.74) is 1.50. The zero-order valence-corrected chi connectivity index (χ0v) is 16.3. The van der Waals surface area contributed by atoms with Crippen molar-refractivity contribution in [2.45, 2.75) is 25.9 Å². The third kappa shape index (κ3) is 2.51. The highest BCUT2D eigenvalue weighted by molar-refractivity contribution is 5.99. The largest absolute Gasteiger partial charge is 0.366 e. The zero-order chi connectivity index (χ0) is 19.9. The fraction of sp³-hybridized carbons (Fsp3) is 0.400. The molecule has 8 nitrogen and oxygen atoms in total. The lowest BCUT2D eigenvalue weighted by Gasteiger charge is -2.50. The van der Waals surface area contributed by atoms with Crippen LogP contribution in [0, 0.1) is 6.92 Å². The van der Waals surface area contributed by atoms with Gasteiger partial charge in [0.1, 0.15) is 11.8 Å². The van der Waals surface area contributed by atoms with E-state index < -0.39 is 5.66 Å². The lowest BCUT2D eigenvalue weighted by molar-refractivity contribution is -0.143. The van der Waals surface area contributed by atoms with E-state index in [1.54, 1.807) is 29.1 Å². The molecule has 1 atom stereocenters. The van der Waals surface area contributed by atoms with Crippen LogP contribution in [0.3, 0.4) is 0 Å². The lowest BCUT2D eigenvalue weighted by Crippen LogP contribution is -2.64. The number of nitrogens with zero attached hydrogens (tertiary/aromatic N) is 5. The van der Waals surface area contributed by atoms with Crippen LogP contribution in [0.25, 0.3) is 0 Å². The summed E-state index contributed by atoms with van der Waals surface area (Å²) in [7, 11) is 1.89. The Hall–Kier alpha value is -3.16. The average molecular weight is 381 g/mol. The normalized spacial score (nSPS) is 23.5. The molecule has 1 unspecified atom stereocenters. The molecule has 0 spiro atoms. The first-order valence-electron chi connectivity index (χ1n) is 9.37. The molecule has 0 radical (unpaired) electrons. The van der Waals surface area contributed by atoms with Crippen molar-refractivity contribution in [3.63, 3.8) is 0 Å². The maximum Gasteiger partial charge on any atom is 0.272 e. The molecule has 146 valence electrons. The highest BCUT2D eigenvalue weighted by atomic mass is 16.5. The number of hydrogen-bond donors (Lipinski definition) is 0. The van der Waals surface area contributed by atoms with Gasteiger partial charge in [-0.05, 0) is 19.4 Å². The van der Waals surface area contributed by atoms with E-state index in [1.807, 2.05) is 37.1 Å². The molecular weight excluding hydrogens is 358 g/mol. The summed E-state index contributed by atoms with van der Waals surface area (Å²) < 4.78 is 4.98. The Bertz CT molecular complexity index is 938. The van der Waals surface area contributed by atoms with Gasteiger partial charge in [0.2, 0.25) is 0 Å². The van der Waals surface area contributed by atoms with Crippen molar-refractivity contribution >= 4 is 11.8 Å². The van der Waals surface area contributed by atoms with Crippen molar-refractivity contribution in [1.82, 2.24) is 24.8 Å². The number of rotatable bonds is 3. The van der Waals surface area contributed by atoms with Gasteiger partial charge in [-0.15, -0.1) is 0 Å². The van der Waals surface area contributed by atoms with Gasteiger partial charge in [0, 0.05) is 38.1 Å². The smallest absolute Gasteiger partial charge is 0.272 e. The fourth-order valence-corrected chi connectivity index (χ4v) is 4.23. The number of aryl methyl sites for hydroxylation is 1. The number of pyridine rings is 1. The summed E-state index contributed by atoms with van der Waals surface area (Å²) >= 11 is 0. The van der Waals surface area contributed by atoms with E-state index >= 15 is 0 Å². The summed E-state index contributed by atoms with van der Waals surface area (Å²) in [6.07, 6.45) is 7.49. The number of aromatic nitrogens is 2. The molecule has 0 N–H and O–H groups in total. The Morgan fingerprint density at radius 2 is 2.21 bits per heavy atom. The van der Waals surface area contributed by atoms with E-state index in [2.05, 4.69) is 10.1 Å². The van der Waals surface area contributed by atoms with Crippen molar-refractivity contribution in [3.05, 3.63) is 59.4 Å². The Labute approximate surface area is 163 Å². The zero-order valence-electron chi connectivity index (χ0n) is 16.3. The molecule has 2 aromatic heterocycles. The SMILES string of the molecule is CC/C=C1/C(=O)N2CCN(C(=O)c3conc3C)C2(c2cccnc2)CN1C. The maximum absolute atomic E-state index is 13.4. The molecule has 2 aliphatic heterocycles. The van der Waals surface area contributed by atoms with Crippen LogP contribution in [0.5, 0.6) is 0 Å². The van der Waals surface area contributed by atoms with Crippen LogP contribution in [0.1, 0.15) is 35.0 Å². The molecule has 28 heavy (non-hydrogen) atoms.